The van der Waals surface area contributed by atoms with Crippen LogP contribution in [0.2, 0.25) is 0 Å². The maximum atomic E-state index is 13.6. The first kappa shape index (κ1) is 16.9. The number of alkyl halides is 3. The van der Waals surface area contributed by atoms with Crippen LogP contribution >= 0.6 is 0 Å². The Balaban J connectivity index is 3.13. The van der Waals surface area contributed by atoms with E-state index in [4.69, 9.17) is 4.74 Å². The zero-order valence-electron chi connectivity index (χ0n) is 11.7. The molecule has 0 aliphatic heterocycles. The van der Waals surface area contributed by atoms with E-state index in [2.05, 4.69) is 5.32 Å². The minimum atomic E-state index is -4.68. The molecule has 0 aliphatic rings. The Morgan fingerprint density at radius 3 is 2.30 bits per heavy atom. The summed E-state index contributed by atoms with van der Waals surface area (Å²) in [5, 5.41) is 3.11. The number of rotatable bonds is 6. The van der Waals surface area contributed by atoms with Crippen LogP contribution in [0.5, 0.6) is 0 Å². The predicted octanol–water partition coefficient (Wildman–Crippen LogP) is 3.92. The lowest BCUT2D eigenvalue weighted by atomic mass is 9.97. The third-order valence-electron chi connectivity index (χ3n) is 3.16. The van der Waals surface area contributed by atoms with Crippen molar-refractivity contribution < 1.29 is 22.3 Å². The highest BCUT2D eigenvalue weighted by Gasteiger charge is 2.34. The van der Waals surface area contributed by atoms with Gasteiger partial charge in [0.1, 0.15) is 5.82 Å². The van der Waals surface area contributed by atoms with Gasteiger partial charge in [0, 0.05) is 7.11 Å². The summed E-state index contributed by atoms with van der Waals surface area (Å²) in [6.07, 6.45) is -4.25. The molecule has 0 heterocycles. The van der Waals surface area contributed by atoms with Gasteiger partial charge in [-0.25, -0.2) is 4.39 Å². The fraction of sp³-hybridized carbons (Fsp3) is 0.571. The van der Waals surface area contributed by atoms with Crippen LogP contribution in [0.4, 0.5) is 17.6 Å². The maximum Gasteiger partial charge on any atom is 0.419 e. The summed E-state index contributed by atoms with van der Waals surface area (Å²) < 4.78 is 56.5. The van der Waals surface area contributed by atoms with Gasteiger partial charge < -0.3 is 10.1 Å². The van der Waals surface area contributed by atoms with Crippen LogP contribution in [-0.2, 0) is 10.9 Å². The summed E-state index contributed by atoms with van der Waals surface area (Å²) in [5.74, 6) is -1.26. The van der Waals surface area contributed by atoms with Gasteiger partial charge in [-0.1, -0.05) is 19.9 Å². The summed E-state index contributed by atoms with van der Waals surface area (Å²) in [6.45, 7) is 4.38. The minimum Gasteiger partial charge on any atom is -0.379 e. The Kier molecular flexibility index (Phi) is 5.95. The summed E-state index contributed by atoms with van der Waals surface area (Å²) in [7, 11) is 1.53. The van der Waals surface area contributed by atoms with Crippen molar-refractivity contribution in [3.8, 4) is 0 Å². The number of hydrogen-bond donors (Lipinski definition) is 1. The molecule has 0 bridgehead atoms. The summed E-state index contributed by atoms with van der Waals surface area (Å²) >= 11 is 0. The van der Waals surface area contributed by atoms with Crippen LogP contribution in [0.3, 0.4) is 0 Å². The van der Waals surface area contributed by atoms with Gasteiger partial charge in [-0.15, -0.1) is 0 Å². The number of hydrogen-bond acceptors (Lipinski definition) is 2. The number of likely N-dealkylation sites (N-methyl/N-ethyl adjacent to an activating group) is 1. The van der Waals surface area contributed by atoms with E-state index in [1.807, 2.05) is 13.8 Å². The third kappa shape index (κ3) is 3.93. The minimum absolute atomic E-state index is 0.230. The van der Waals surface area contributed by atoms with E-state index in [9.17, 15) is 17.6 Å². The van der Waals surface area contributed by atoms with Crippen molar-refractivity contribution >= 4 is 0 Å². The summed E-state index contributed by atoms with van der Waals surface area (Å²) in [6, 6.07) is 2.66. The molecule has 1 aromatic carbocycles. The van der Waals surface area contributed by atoms with E-state index in [1.165, 1.54) is 13.2 Å². The van der Waals surface area contributed by atoms with Crippen molar-refractivity contribution in [3.05, 3.63) is 35.1 Å². The molecule has 0 fully saturated rings. The quantitative estimate of drug-likeness (QED) is 0.803. The fourth-order valence-corrected chi connectivity index (χ4v) is 2.18. The molecule has 0 aromatic heterocycles. The average Bonchev–Trinajstić information content (AvgIpc) is 2.37. The van der Waals surface area contributed by atoms with Gasteiger partial charge in [-0.05, 0) is 30.7 Å². The Morgan fingerprint density at radius 2 is 1.90 bits per heavy atom. The van der Waals surface area contributed by atoms with E-state index < -0.39 is 17.6 Å². The lowest BCUT2D eigenvalue weighted by Gasteiger charge is -2.26. The second-order valence-electron chi connectivity index (χ2n) is 4.45. The van der Waals surface area contributed by atoms with Crippen LogP contribution in [0, 0.1) is 5.82 Å². The van der Waals surface area contributed by atoms with Gasteiger partial charge in [0.25, 0.3) is 0 Å². The van der Waals surface area contributed by atoms with Gasteiger partial charge in [-0.3, -0.25) is 0 Å². The molecule has 0 saturated heterocycles. The molecule has 0 spiro atoms. The van der Waals surface area contributed by atoms with E-state index in [-0.39, 0.29) is 12.1 Å². The molecule has 20 heavy (non-hydrogen) atoms. The van der Waals surface area contributed by atoms with Gasteiger partial charge >= 0.3 is 6.18 Å². The summed E-state index contributed by atoms with van der Waals surface area (Å²) in [4.78, 5) is 0. The van der Waals surface area contributed by atoms with Crippen LogP contribution < -0.4 is 5.32 Å². The Labute approximate surface area is 116 Å². The van der Waals surface area contributed by atoms with E-state index in [0.29, 0.717) is 18.5 Å². The fourth-order valence-electron chi connectivity index (χ4n) is 2.18. The first-order valence-corrected chi connectivity index (χ1v) is 6.47. The standard InChI is InChI=1S/C14H19F4NO/c1-4-12(20-3)13(19-5-2)9-6-7-10(11(15)8-9)14(16,17)18/h6-8,12-13,19H,4-5H2,1-3H3. The second-order valence-corrected chi connectivity index (χ2v) is 4.45. The van der Waals surface area contributed by atoms with Crippen LogP contribution in [-0.4, -0.2) is 19.8 Å². The van der Waals surface area contributed by atoms with E-state index >= 15 is 0 Å². The summed E-state index contributed by atoms with van der Waals surface area (Å²) in [5.41, 5.74) is -0.798. The number of methoxy groups -OCH3 is 1. The molecule has 2 unspecified atom stereocenters. The molecular weight excluding hydrogens is 274 g/mol. The molecule has 1 aromatic rings. The molecule has 2 atom stereocenters. The molecule has 0 aliphatic carbocycles. The zero-order chi connectivity index (χ0) is 15.3. The van der Waals surface area contributed by atoms with Crippen molar-refractivity contribution in [3.63, 3.8) is 0 Å². The zero-order valence-corrected chi connectivity index (χ0v) is 11.7. The van der Waals surface area contributed by atoms with Crippen molar-refractivity contribution in [2.75, 3.05) is 13.7 Å². The van der Waals surface area contributed by atoms with E-state index in [1.54, 1.807) is 0 Å². The topological polar surface area (TPSA) is 21.3 Å². The van der Waals surface area contributed by atoms with Crippen LogP contribution in [0.15, 0.2) is 18.2 Å². The second kappa shape index (κ2) is 7.04. The highest BCUT2D eigenvalue weighted by atomic mass is 19.4. The van der Waals surface area contributed by atoms with Gasteiger partial charge in [-0.2, -0.15) is 13.2 Å². The van der Waals surface area contributed by atoms with Crippen molar-refractivity contribution in [1.29, 1.82) is 0 Å². The number of halogens is 4. The van der Waals surface area contributed by atoms with Crippen LogP contribution in [0.1, 0.15) is 37.4 Å². The highest BCUT2D eigenvalue weighted by molar-refractivity contribution is 5.29. The van der Waals surface area contributed by atoms with Crippen molar-refractivity contribution in [2.24, 2.45) is 0 Å². The average molecular weight is 293 g/mol. The van der Waals surface area contributed by atoms with E-state index in [0.717, 1.165) is 12.1 Å². The maximum absolute atomic E-state index is 13.6. The van der Waals surface area contributed by atoms with Gasteiger partial charge in [0.15, 0.2) is 0 Å². The Bertz CT molecular complexity index is 430. The molecule has 1 N–H and O–H groups in total. The van der Waals surface area contributed by atoms with Gasteiger partial charge in [0.05, 0.1) is 17.7 Å². The number of nitrogens with one attached hydrogen (secondary N) is 1. The predicted molar refractivity (Wildman–Crippen MR) is 68.9 cm³/mol. The SMILES string of the molecule is CCNC(c1ccc(C(F)(F)F)c(F)c1)C(CC)OC. The monoisotopic (exact) mass is 293 g/mol. The molecule has 1 rings (SSSR count). The third-order valence-corrected chi connectivity index (χ3v) is 3.16. The van der Waals surface area contributed by atoms with Crippen LogP contribution in [0.25, 0.3) is 0 Å². The Hall–Kier alpha value is -1.14. The van der Waals surface area contributed by atoms with Gasteiger partial charge in [0.2, 0.25) is 0 Å². The smallest absolute Gasteiger partial charge is 0.379 e. The molecule has 2 nitrogen and oxygen atoms in total. The normalized spacial score (nSPS) is 15.2. The number of ether oxygens (including phenoxy) is 1. The molecule has 0 radical (unpaired) electrons. The lowest BCUT2D eigenvalue weighted by molar-refractivity contribution is -0.140. The molecule has 0 saturated carbocycles. The first-order chi connectivity index (χ1) is 9.35. The van der Waals surface area contributed by atoms with Crippen molar-refractivity contribution in [1.82, 2.24) is 5.32 Å². The molecular formula is C14H19F4NO. The first-order valence-electron chi connectivity index (χ1n) is 6.47. The lowest BCUT2D eigenvalue weighted by Crippen LogP contribution is -2.33. The molecule has 0 amide bonds. The van der Waals surface area contributed by atoms with Crippen molar-refractivity contribution in [2.45, 2.75) is 38.6 Å². The molecule has 6 heteroatoms. The Morgan fingerprint density at radius 1 is 1.25 bits per heavy atom. The molecule has 114 valence electrons. The highest BCUT2D eigenvalue weighted by Crippen LogP contribution is 2.33. The number of benzene rings is 1. The largest absolute Gasteiger partial charge is 0.419 e.